The Morgan fingerprint density at radius 1 is 1.33 bits per heavy atom. The Labute approximate surface area is 162 Å². The minimum atomic E-state index is -0.236. The van der Waals surface area contributed by atoms with E-state index in [1.165, 1.54) is 18.0 Å². The van der Waals surface area contributed by atoms with Gasteiger partial charge in [-0.1, -0.05) is 30.0 Å². The molecule has 2 aromatic rings. The van der Waals surface area contributed by atoms with Gasteiger partial charge >= 0.3 is 0 Å². The van der Waals surface area contributed by atoms with E-state index in [0.29, 0.717) is 30.5 Å². The molecule has 1 saturated heterocycles. The van der Waals surface area contributed by atoms with Gasteiger partial charge in [-0.25, -0.2) is 0 Å². The average Bonchev–Trinajstić information content (AvgIpc) is 3.28. The topological polar surface area (TPSA) is 67.4 Å². The molecule has 0 unspecified atom stereocenters. The van der Waals surface area contributed by atoms with Gasteiger partial charge in [0.1, 0.15) is 11.5 Å². The summed E-state index contributed by atoms with van der Waals surface area (Å²) in [4.78, 5) is 14.4. The van der Waals surface area contributed by atoms with Crippen LogP contribution in [-0.4, -0.2) is 40.6 Å². The molecule has 1 amide bonds. The Hall–Kier alpha value is -2.80. The molecule has 1 fully saturated rings. The monoisotopic (exact) mass is 383 g/mol. The molecule has 6 nitrogen and oxygen atoms in total. The Morgan fingerprint density at radius 3 is 2.81 bits per heavy atom. The van der Waals surface area contributed by atoms with E-state index in [-0.39, 0.29) is 11.2 Å². The van der Waals surface area contributed by atoms with Crippen molar-refractivity contribution in [2.75, 3.05) is 13.2 Å². The summed E-state index contributed by atoms with van der Waals surface area (Å²) >= 11 is 1.42. The number of carbonyl (C=O) groups excluding carboxylic acids is 1. The summed E-state index contributed by atoms with van der Waals surface area (Å²) in [5.41, 5.74) is 1.07. The third-order valence-electron chi connectivity index (χ3n) is 3.86. The summed E-state index contributed by atoms with van der Waals surface area (Å²) in [6, 6.07) is 11.4. The molecule has 1 atom stereocenters. The smallest absolute Gasteiger partial charge is 0.242 e. The van der Waals surface area contributed by atoms with Crippen LogP contribution in [0.3, 0.4) is 0 Å². The zero-order valence-electron chi connectivity index (χ0n) is 15.1. The van der Waals surface area contributed by atoms with Gasteiger partial charge in [-0.2, -0.15) is 5.10 Å². The van der Waals surface area contributed by atoms with Crippen LogP contribution in [0.4, 0.5) is 0 Å². The van der Waals surface area contributed by atoms with Gasteiger partial charge in [0.2, 0.25) is 5.91 Å². The molecule has 0 radical (unpaired) electrons. The first-order valence-electron chi connectivity index (χ1n) is 8.66. The minimum absolute atomic E-state index is 0.0146. The van der Waals surface area contributed by atoms with E-state index in [1.54, 1.807) is 29.4 Å². The van der Waals surface area contributed by atoms with Crippen molar-refractivity contribution in [1.29, 1.82) is 0 Å². The van der Waals surface area contributed by atoms with Crippen molar-refractivity contribution in [2.45, 2.75) is 18.6 Å². The normalized spacial score (nSPS) is 18.6. The van der Waals surface area contributed by atoms with Crippen LogP contribution in [0, 0.1) is 0 Å². The van der Waals surface area contributed by atoms with E-state index in [4.69, 9.17) is 9.15 Å². The molecule has 27 heavy (non-hydrogen) atoms. The molecule has 0 aliphatic carbocycles. The Balaban J connectivity index is 1.71. The molecule has 0 bridgehead atoms. The number of hydrogen-bond donors (Lipinski definition) is 0. The number of amidine groups is 1. The number of amides is 1. The van der Waals surface area contributed by atoms with Crippen LogP contribution in [0.15, 0.2) is 69.9 Å². The third-order valence-corrected chi connectivity index (χ3v) is 5.02. The Morgan fingerprint density at radius 2 is 2.15 bits per heavy atom. The first kappa shape index (κ1) is 19.0. The van der Waals surface area contributed by atoms with Gasteiger partial charge in [-0.05, 0) is 43.2 Å². The fourth-order valence-corrected chi connectivity index (χ4v) is 3.76. The molecule has 0 saturated carbocycles. The summed E-state index contributed by atoms with van der Waals surface area (Å²) in [6.45, 7) is 6.71. The fourth-order valence-electron chi connectivity index (χ4n) is 2.62. The highest BCUT2D eigenvalue weighted by Gasteiger charge is 2.37. The lowest BCUT2D eigenvalue weighted by Gasteiger charge is -2.13. The second-order valence-electron chi connectivity index (χ2n) is 5.77. The molecular formula is C20H21N3O3S. The number of ether oxygens (including phenoxy) is 1. The van der Waals surface area contributed by atoms with E-state index in [2.05, 4.69) is 16.8 Å². The van der Waals surface area contributed by atoms with Crippen LogP contribution in [0.5, 0.6) is 5.75 Å². The molecule has 7 heteroatoms. The average molecular weight is 383 g/mol. The predicted molar refractivity (Wildman–Crippen MR) is 108 cm³/mol. The van der Waals surface area contributed by atoms with Crippen molar-refractivity contribution in [1.82, 2.24) is 4.90 Å². The van der Waals surface area contributed by atoms with Crippen LogP contribution in [0.1, 0.15) is 18.2 Å². The highest BCUT2D eigenvalue weighted by Crippen LogP contribution is 2.30. The van der Waals surface area contributed by atoms with Crippen LogP contribution in [0.25, 0.3) is 0 Å². The molecular weight excluding hydrogens is 362 g/mol. The lowest BCUT2D eigenvalue weighted by Crippen LogP contribution is -2.32. The Bertz CT molecular complexity index is 829. The van der Waals surface area contributed by atoms with Gasteiger partial charge in [0, 0.05) is 6.54 Å². The minimum Gasteiger partial charge on any atom is -0.494 e. The van der Waals surface area contributed by atoms with Crippen molar-refractivity contribution < 1.29 is 13.9 Å². The SMILES string of the molecule is C=CCN1C(=O)[C@H](Cc2ccc(OCC)cc2)S/C1=N\N=C/c1ccco1. The molecule has 1 aliphatic rings. The summed E-state index contributed by atoms with van der Waals surface area (Å²) in [5.74, 6) is 1.45. The van der Waals surface area contributed by atoms with Crippen LogP contribution in [0.2, 0.25) is 0 Å². The molecule has 2 heterocycles. The second-order valence-corrected chi connectivity index (χ2v) is 6.94. The highest BCUT2D eigenvalue weighted by atomic mass is 32.2. The standard InChI is InChI=1S/C20H21N3O3S/c1-3-11-23-19(24)18(13-15-7-9-16(10-8-15)25-4-2)27-20(23)22-21-14-17-6-5-12-26-17/h3,5-10,12,14,18H,1,4,11,13H2,2H3/b21-14-,22-20-/t18-/m0/s1. The first-order chi connectivity index (χ1) is 13.2. The number of carbonyl (C=O) groups is 1. The molecule has 1 aromatic heterocycles. The zero-order valence-corrected chi connectivity index (χ0v) is 15.9. The third kappa shape index (κ3) is 4.89. The van der Waals surface area contributed by atoms with E-state index < -0.39 is 0 Å². The summed E-state index contributed by atoms with van der Waals surface area (Å²) in [6.07, 6.45) is 5.39. The van der Waals surface area contributed by atoms with E-state index in [9.17, 15) is 4.79 Å². The highest BCUT2D eigenvalue weighted by molar-refractivity contribution is 8.15. The van der Waals surface area contributed by atoms with Crippen LogP contribution in [-0.2, 0) is 11.2 Å². The zero-order chi connectivity index (χ0) is 19.1. The van der Waals surface area contributed by atoms with Gasteiger partial charge in [0.25, 0.3) is 0 Å². The maximum absolute atomic E-state index is 12.8. The van der Waals surface area contributed by atoms with Gasteiger partial charge in [0.15, 0.2) is 5.17 Å². The van der Waals surface area contributed by atoms with Gasteiger partial charge in [-0.15, -0.1) is 11.7 Å². The summed E-state index contributed by atoms with van der Waals surface area (Å²) in [7, 11) is 0. The lowest BCUT2D eigenvalue weighted by atomic mass is 10.1. The van der Waals surface area contributed by atoms with Crippen LogP contribution >= 0.6 is 11.8 Å². The quantitative estimate of drug-likeness (QED) is 0.396. The molecule has 0 spiro atoms. The number of rotatable bonds is 8. The Kier molecular flexibility index (Phi) is 6.49. The van der Waals surface area contributed by atoms with E-state index in [0.717, 1.165) is 11.3 Å². The second kappa shape index (κ2) is 9.23. The van der Waals surface area contributed by atoms with Gasteiger partial charge < -0.3 is 9.15 Å². The number of hydrogen-bond acceptors (Lipinski definition) is 6. The van der Waals surface area contributed by atoms with E-state index in [1.807, 2.05) is 31.2 Å². The van der Waals surface area contributed by atoms with Crippen LogP contribution < -0.4 is 4.74 Å². The lowest BCUT2D eigenvalue weighted by molar-refractivity contribution is -0.125. The summed E-state index contributed by atoms with van der Waals surface area (Å²) < 4.78 is 10.6. The number of thioether (sulfide) groups is 1. The van der Waals surface area contributed by atoms with Crippen molar-refractivity contribution in [2.24, 2.45) is 10.2 Å². The van der Waals surface area contributed by atoms with E-state index >= 15 is 0 Å². The van der Waals surface area contributed by atoms with Crippen molar-refractivity contribution >= 4 is 29.1 Å². The maximum Gasteiger partial charge on any atom is 0.242 e. The van der Waals surface area contributed by atoms with Crippen molar-refractivity contribution in [3.63, 3.8) is 0 Å². The van der Waals surface area contributed by atoms with Gasteiger partial charge in [-0.3, -0.25) is 9.69 Å². The number of furan rings is 1. The predicted octanol–water partition coefficient (Wildman–Crippen LogP) is 3.74. The first-order valence-corrected chi connectivity index (χ1v) is 9.54. The molecule has 0 N–H and O–H groups in total. The molecule has 1 aromatic carbocycles. The van der Waals surface area contributed by atoms with Gasteiger partial charge in [0.05, 0.1) is 24.3 Å². The molecule has 3 rings (SSSR count). The molecule has 140 valence electrons. The molecule has 1 aliphatic heterocycles. The number of benzene rings is 1. The fraction of sp³-hybridized carbons (Fsp3) is 0.250. The van der Waals surface area contributed by atoms with Crippen molar-refractivity contribution in [3.05, 3.63) is 66.6 Å². The number of nitrogens with zero attached hydrogens (tertiary/aromatic N) is 3. The summed E-state index contributed by atoms with van der Waals surface area (Å²) in [5, 5.41) is 8.58. The largest absolute Gasteiger partial charge is 0.494 e. The van der Waals surface area contributed by atoms with Crippen molar-refractivity contribution in [3.8, 4) is 5.75 Å². The maximum atomic E-state index is 12.8.